The number of carbonyl (C=O) groups is 1. The SMILES string of the molecule is CCOC(=O)c1c[nH]n2c(=O)cc(C(C)C)nc12. The first kappa shape index (κ1) is 12.3. The lowest BCUT2D eigenvalue weighted by molar-refractivity contribution is 0.0528. The van der Waals surface area contributed by atoms with E-state index in [0.717, 1.165) is 0 Å². The fourth-order valence-corrected chi connectivity index (χ4v) is 1.65. The number of H-pyrrole nitrogens is 1. The molecule has 2 heterocycles. The number of hydrogen-bond acceptors (Lipinski definition) is 4. The van der Waals surface area contributed by atoms with Gasteiger partial charge in [-0.25, -0.2) is 14.3 Å². The van der Waals surface area contributed by atoms with Crippen molar-refractivity contribution in [1.29, 1.82) is 0 Å². The monoisotopic (exact) mass is 249 g/mol. The highest BCUT2D eigenvalue weighted by Crippen LogP contribution is 2.13. The van der Waals surface area contributed by atoms with Crippen LogP contribution in [0.1, 0.15) is 42.7 Å². The summed E-state index contributed by atoms with van der Waals surface area (Å²) in [7, 11) is 0. The molecule has 0 fully saturated rings. The second kappa shape index (κ2) is 4.64. The molecule has 1 N–H and O–H groups in total. The first-order valence-electron chi connectivity index (χ1n) is 5.82. The third-order valence-corrected chi connectivity index (χ3v) is 2.60. The number of aromatic nitrogens is 3. The first-order chi connectivity index (χ1) is 8.54. The predicted octanol–water partition coefficient (Wildman–Crippen LogP) is 1.32. The van der Waals surface area contributed by atoms with Crippen LogP contribution < -0.4 is 5.56 Å². The molecule has 0 aliphatic carbocycles. The molecule has 0 saturated carbocycles. The summed E-state index contributed by atoms with van der Waals surface area (Å²) in [4.78, 5) is 27.9. The molecule has 6 nitrogen and oxygen atoms in total. The van der Waals surface area contributed by atoms with E-state index in [4.69, 9.17) is 4.74 Å². The van der Waals surface area contributed by atoms with Crippen molar-refractivity contribution in [3.8, 4) is 0 Å². The number of carbonyl (C=O) groups excluding carboxylic acids is 1. The molecule has 0 unspecified atom stereocenters. The van der Waals surface area contributed by atoms with Gasteiger partial charge in [0.2, 0.25) is 0 Å². The molecule has 0 spiro atoms. The zero-order chi connectivity index (χ0) is 13.3. The van der Waals surface area contributed by atoms with Crippen molar-refractivity contribution < 1.29 is 9.53 Å². The molecule has 6 heteroatoms. The lowest BCUT2D eigenvalue weighted by Gasteiger charge is -2.04. The maximum atomic E-state index is 11.8. The topological polar surface area (TPSA) is 76.5 Å². The molecule has 0 atom stereocenters. The van der Waals surface area contributed by atoms with Crippen LogP contribution in [-0.2, 0) is 4.74 Å². The average Bonchev–Trinajstić information content (AvgIpc) is 2.73. The number of nitrogens with one attached hydrogen (secondary N) is 1. The maximum absolute atomic E-state index is 11.8. The highest BCUT2D eigenvalue weighted by atomic mass is 16.5. The summed E-state index contributed by atoms with van der Waals surface area (Å²) < 4.78 is 6.15. The summed E-state index contributed by atoms with van der Waals surface area (Å²) in [6, 6.07) is 1.46. The van der Waals surface area contributed by atoms with Crippen LogP contribution in [0.5, 0.6) is 0 Å². The minimum Gasteiger partial charge on any atom is -0.462 e. The fourth-order valence-electron chi connectivity index (χ4n) is 1.65. The molecule has 0 aliphatic heterocycles. The molecular weight excluding hydrogens is 234 g/mol. The van der Waals surface area contributed by atoms with E-state index in [9.17, 15) is 9.59 Å². The van der Waals surface area contributed by atoms with Gasteiger partial charge >= 0.3 is 5.97 Å². The largest absolute Gasteiger partial charge is 0.462 e. The average molecular weight is 249 g/mol. The van der Waals surface area contributed by atoms with Gasteiger partial charge in [-0.3, -0.25) is 9.89 Å². The third kappa shape index (κ3) is 2.01. The van der Waals surface area contributed by atoms with Crippen LogP contribution in [-0.4, -0.2) is 27.2 Å². The van der Waals surface area contributed by atoms with Crippen molar-refractivity contribution in [2.24, 2.45) is 0 Å². The summed E-state index contributed by atoms with van der Waals surface area (Å²) in [5, 5.41) is 2.70. The number of esters is 1. The molecule has 0 radical (unpaired) electrons. The molecule has 2 aromatic rings. The Hall–Kier alpha value is -2.11. The van der Waals surface area contributed by atoms with Gasteiger partial charge in [0.1, 0.15) is 5.56 Å². The van der Waals surface area contributed by atoms with Crippen molar-refractivity contribution >= 4 is 11.6 Å². The maximum Gasteiger partial charge on any atom is 0.343 e. The molecule has 0 aliphatic rings. The van der Waals surface area contributed by atoms with E-state index in [2.05, 4.69) is 10.1 Å². The fraction of sp³-hybridized carbons (Fsp3) is 0.417. The van der Waals surface area contributed by atoms with Crippen LogP contribution in [0.2, 0.25) is 0 Å². The lowest BCUT2D eigenvalue weighted by Crippen LogP contribution is -2.17. The Morgan fingerprint density at radius 2 is 2.28 bits per heavy atom. The molecule has 0 bridgehead atoms. The Bertz CT molecular complexity index is 640. The molecule has 2 aromatic heterocycles. The van der Waals surface area contributed by atoms with Gasteiger partial charge in [-0.1, -0.05) is 13.8 Å². The van der Waals surface area contributed by atoms with Gasteiger partial charge in [-0.15, -0.1) is 0 Å². The van der Waals surface area contributed by atoms with Crippen molar-refractivity contribution in [1.82, 2.24) is 14.6 Å². The minimum absolute atomic E-state index is 0.118. The summed E-state index contributed by atoms with van der Waals surface area (Å²) in [5.41, 5.74) is 1.01. The van der Waals surface area contributed by atoms with Gasteiger partial charge in [-0.05, 0) is 12.8 Å². The molecule has 0 saturated heterocycles. The minimum atomic E-state index is -0.482. The van der Waals surface area contributed by atoms with Crippen LogP contribution in [0.4, 0.5) is 0 Å². The Kier molecular flexibility index (Phi) is 3.18. The molecule has 0 amide bonds. The molecular formula is C12H15N3O3. The third-order valence-electron chi connectivity index (χ3n) is 2.60. The summed E-state index contributed by atoms with van der Waals surface area (Å²) in [6.07, 6.45) is 1.44. The van der Waals surface area contributed by atoms with Crippen LogP contribution >= 0.6 is 0 Å². The van der Waals surface area contributed by atoms with Crippen LogP contribution in [0, 0.1) is 0 Å². The second-order valence-corrected chi connectivity index (χ2v) is 4.24. The van der Waals surface area contributed by atoms with Crippen LogP contribution in [0.3, 0.4) is 0 Å². The van der Waals surface area contributed by atoms with Crippen molar-refractivity contribution in [2.45, 2.75) is 26.7 Å². The van der Waals surface area contributed by atoms with E-state index < -0.39 is 5.97 Å². The summed E-state index contributed by atoms with van der Waals surface area (Å²) in [6.45, 7) is 5.89. The Morgan fingerprint density at radius 1 is 1.56 bits per heavy atom. The molecule has 18 heavy (non-hydrogen) atoms. The van der Waals surface area contributed by atoms with E-state index in [1.54, 1.807) is 6.92 Å². The van der Waals surface area contributed by atoms with Crippen LogP contribution in [0.25, 0.3) is 5.65 Å². The van der Waals surface area contributed by atoms with Gasteiger partial charge in [0, 0.05) is 12.3 Å². The quantitative estimate of drug-likeness (QED) is 0.832. The Morgan fingerprint density at radius 3 is 2.89 bits per heavy atom. The highest BCUT2D eigenvalue weighted by Gasteiger charge is 2.17. The predicted molar refractivity (Wildman–Crippen MR) is 65.9 cm³/mol. The van der Waals surface area contributed by atoms with Crippen molar-refractivity contribution in [3.63, 3.8) is 0 Å². The molecule has 96 valence electrons. The van der Waals surface area contributed by atoms with E-state index in [1.807, 2.05) is 13.8 Å². The molecule has 0 aromatic carbocycles. The van der Waals surface area contributed by atoms with Gasteiger partial charge in [0.15, 0.2) is 5.65 Å². The second-order valence-electron chi connectivity index (χ2n) is 4.24. The number of ether oxygens (including phenoxy) is 1. The van der Waals surface area contributed by atoms with Crippen molar-refractivity contribution in [3.05, 3.63) is 33.9 Å². The van der Waals surface area contributed by atoms with E-state index >= 15 is 0 Å². The van der Waals surface area contributed by atoms with Crippen LogP contribution in [0.15, 0.2) is 17.1 Å². The van der Waals surface area contributed by atoms with E-state index in [0.29, 0.717) is 11.3 Å². The highest BCUT2D eigenvalue weighted by molar-refractivity contribution is 5.95. The first-order valence-corrected chi connectivity index (χ1v) is 5.82. The standard InChI is InChI=1S/C12H15N3O3/c1-4-18-12(17)8-6-13-15-10(16)5-9(7(2)3)14-11(8)15/h5-7,13H,4H2,1-3H3. The number of rotatable bonds is 3. The van der Waals surface area contributed by atoms with E-state index in [-0.39, 0.29) is 23.6 Å². The zero-order valence-corrected chi connectivity index (χ0v) is 10.6. The zero-order valence-electron chi connectivity index (χ0n) is 10.6. The lowest BCUT2D eigenvalue weighted by atomic mass is 10.1. The number of fused-ring (bicyclic) bond motifs is 1. The van der Waals surface area contributed by atoms with Gasteiger partial charge < -0.3 is 4.74 Å². The van der Waals surface area contributed by atoms with E-state index in [1.165, 1.54) is 16.8 Å². The van der Waals surface area contributed by atoms with Crippen molar-refractivity contribution in [2.75, 3.05) is 6.61 Å². The summed E-state index contributed by atoms with van der Waals surface area (Å²) in [5.74, 6) is -0.364. The number of nitrogens with zero attached hydrogens (tertiary/aromatic N) is 2. The smallest absolute Gasteiger partial charge is 0.343 e. The van der Waals surface area contributed by atoms with Gasteiger partial charge in [-0.2, -0.15) is 0 Å². The number of hydrogen-bond donors (Lipinski definition) is 1. The van der Waals surface area contributed by atoms with Gasteiger partial charge in [0.05, 0.1) is 12.3 Å². The normalized spacial score (nSPS) is 11.1. The van der Waals surface area contributed by atoms with Gasteiger partial charge in [0.25, 0.3) is 5.56 Å². The molecule has 2 rings (SSSR count). The number of aromatic amines is 1. The summed E-state index contributed by atoms with van der Waals surface area (Å²) >= 11 is 0. The Labute approximate surface area is 104 Å². The Balaban J connectivity index is 2.63.